The second-order valence-corrected chi connectivity index (χ2v) is 4.94. The Hall–Kier alpha value is -1.26. The molecule has 4 nitrogen and oxygen atoms in total. The monoisotopic (exact) mass is 265 g/mol. The number of methoxy groups -OCH3 is 1. The van der Waals surface area contributed by atoms with Gasteiger partial charge in [-0.2, -0.15) is 0 Å². The van der Waals surface area contributed by atoms with Gasteiger partial charge >= 0.3 is 0 Å². The highest BCUT2D eigenvalue weighted by Crippen LogP contribution is 2.26. The molecule has 0 bridgehead atoms. The summed E-state index contributed by atoms with van der Waals surface area (Å²) in [6.45, 7) is 2.54. The molecule has 1 aromatic carbocycles. The van der Waals surface area contributed by atoms with Gasteiger partial charge in [-0.25, -0.2) is 0 Å². The van der Waals surface area contributed by atoms with Crippen molar-refractivity contribution in [3.63, 3.8) is 0 Å². The summed E-state index contributed by atoms with van der Waals surface area (Å²) in [7, 11) is 1.63. The van der Waals surface area contributed by atoms with Crippen LogP contribution in [0.4, 0.5) is 0 Å². The molecule has 4 heteroatoms. The molecule has 1 fully saturated rings. The minimum Gasteiger partial charge on any atom is -0.493 e. The average Bonchev–Trinajstić information content (AvgIpc) is 2.48. The van der Waals surface area contributed by atoms with E-state index in [1.54, 1.807) is 7.11 Å². The van der Waals surface area contributed by atoms with Crippen LogP contribution >= 0.6 is 0 Å². The first-order valence-corrected chi connectivity index (χ1v) is 6.96. The molecule has 2 N–H and O–H groups in total. The highest BCUT2D eigenvalue weighted by atomic mass is 16.5. The fourth-order valence-corrected chi connectivity index (χ4v) is 2.49. The van der Waals surface area contributed by atoms with Crippen molar-refractivity contribution in [1.82, 2.24) is 5.32 Å². The van der Waals surface area contributed by atoms with Gasteiger partial charge in [0.05, 0.1) is 19.8 Å². The second-order valence-electron chi connectivity index (χ2n) is 4.94. The molecule has 2 rings (SSSR count). The molecule has 0 saturated carbocycles. The molecule has 106 valence electrons. The molecule has 1 aliphatic rings. The zero-order valence-corrected chi connectivity index (χ0v) is 11.5. The lowest BCUT2D eigenvalue weighted by Gasteiger charge is -2.27. The van der Waals surface area contributed by atoms with E-state index < -0.39 is 0 Å². The zero-order valence-electron chi connectivity index (χ0n) is 11.5. The summed E-state index contributed by atoms with van der Waals surface area (Å²) in [4.78, 5) is 0. The molecule has 1 aliphatic heterocycles. The van der Waals surface area contributed by atoms with E-state index in [4.69, 9.17) is 9.47 Å². The summed E-state index contributed by atoms with van der Waals surface area (Å²) in [5.74, 6) is 1.88. The van der Waals surface area contributed by atoms with Crippen LogP contribution in [0.5, 0.6) is 11.5 Å². The lowest BCUT2D eigenvalue weighted by atomic mass is 9.91. The number of piperidine rings is 1. The molecular weight excluding hydrogens is 242 g/mol. The lowest BCUT2D eigenvalue weighted by molar-refractivity contribution is 0.0670. The molecule has 0 amide bonds. The quantitative estimate of drug-likeness (QED) is 0.824. The van der Waals surface area contributed by atoms with Crippen LogP contribution in [0.2, 0.25) is 0 Å². The van der Waals surface area contributed by atoms with Crippen LogP contribution in [-0.2, 0) is 0 Å². The number of benzene rings is 1. The molecule has 0 radical (unpaired) electrons. The SMILES string of the molecule is COc1ccccc1OCCC(O)C1CCNCC1. The number of aliphatic hydroxyl groups excluding tert-OH is 1. The Bertz CT molecular complexity index is 377. The number of ether oxygens (including phenoxy) is 2. The molecular formula is C15H23NO3. The number of hydrogen-bond acceptors (Lipinski definition) is 4. The topological polar surface area (TPSA) is 50.7 Å². The lowest BCUT2D eigenvalue weighted by Crippen LogP contribution is -2.34. The molecule has 0 aliphatic carbocycles. The maximum atomic E-state index is 10.1. The van der Waals surface area contributed by atoms with Gasteiger partial charge in [-0.15, -0.1) is 0 Å². The third-order valence-electron chi connectivity index (χ3n) is 3.67. The largest absolute Gasteiger partial charge is 0.493 e. The van der Waals surface area contributed by atoms with Gasteiger partial charge in [0.15, 0.2) is 11.5 Å². The summed E-state index contributed by atoms with van der Waals surface area (Å²) in [6, 6.07) is 7.59. The Balaban J connectivity index is 1.76. The summed E-state index contributed by atoms with van der Waals surface area (Å²) < 4.78 is 10.9. The van der Waals surface area contributed by atoms with Crippen LogP contribution in [0.15, 0.2) is 24.3 Å². The van der Waals surface area contributed by atoms with Crippen LogP contribution in [0, 0.1) is 5.92 Å². The molecule has 1 atom stereocenters. The first-order valence-electron chi connectivity index (χ1n) is 6.96. The molecule has 0 aromatic heterocycles. The molecule has 19 heavy (non-hydrogen) atoms. The second kappa shape index (κ2) is 7.36. The third kappa shape index (κ3) is 4.11. The number of hydrogen-bond donors (Lipinski definition) is 2. The van der Waals surface area contributed by atoms with Crippen LogP contribution in [0.25, 0.3) is 0 Å². The molecule has 1 aromatic rings. The van der Waals surface area contributed by atoms with Gasteiger partial charge in [0.2, 0.25) is 0 Å². The standard InChI is InChI=1S/C15H23NO3/c1-18-14-4-2-3-5-15(14)19-11-8-13(17)12-6-9-16-10-7-12/h2-5,12-13,16-17H,6-11H2,1H3. The van der Waals surface area contributed by atoms with E-state index in [0.29, 0.717) is 18.9 Å². The first kappa shape index (κ1) is 14.2. The number of aliphatic hydroxyl groups is 1. The van der Waals surface area contributed by atoms with E-state index in [-0.39, 0.29) is 6.10 Å². The highest BCUT2D eigenvalue weighted by Gasteiger charge is 2.21. The van der Waals surface area contributed by atoms with Gasteiger partial charge in [0, 0.05) is 6.42 Å². The van der Waals surface area contributed by atoms with E-state index >= 15 is 0 Å². The maximum Gasteiger partial charge on any atom is 0.161 e. The summed E-state index contributed by atoms with van der Waals surface area (Å²) in [6.07, 6.45) is 2.51. The third-order valence-corrected chi connectivity index (χ3v) is 3.67. The van der Waals surface area contributed by atoms with Crippen LogP contribution in [0.1, 0.15) is 19.3 Å². The van der Waals surface area contributed by atoms with Gasteiger partial charge in [-0.1, -0.05) is 12.1 Å². The van der Waals surface area contributed by atoms with Crippen molar-refractivity contribution in [2.24, 2.45) is 5.92 Å². The van der Waals surface area contributed by atoms with Crippen molar-refractivity contribution in [3.8, 4) is 11.5 Å². The van der Waals surface area contributed by atoms with E-state index in [1.165, 1.54) is 0 Å². The van der Waals surface area contributed by atoms with Crippen molar-refractivity contribution >= 4 is 0 Å². The van der Waals surface area contributed by atoms with Gasteiger partial charge in [0.1, 0.15) is 0 Å². The van der Waals surface area contributed by atoms with E-state index in [9.17, 15) is 5.11 Å². The Kier molecular flexibility index (Phi) is 5.48. The average molecular weight is 265 g/mol. The fraction of sp³-hybridized carbons (Fsp3) is 0.600. The Morgan fingerprint density at radius 2 is 1.95 bits per heavy atom. The molecule has 1 heterocycles. The maximum absolute atomic E-state index is 10.1. The van der Waals surface area contributed by atoms with Crippen LogP contribution in [-0.4, -0.2) is 38.0 Å². The molecule has 1 saturated heterocycles. The predicted molar refractivity (Wildman–Crippen MR) is 74.7 cm³/mol. The summed E-state index contributed by atoms with van der Waals surface area (Å²) >= 11 is 0. The molecule has 0 spiro atoms. The van der Waals surface area contributed by atoms with Crippen molar-refractivity contribution < 1.29 is 14.6 Å². The smallest absolute Gasteiger partial charge is 0.161 e. The number of rotatable bonds is 6. The minimum atomic E-state index is -0.267. The summed E-state index contributed by atoms with van der Waals surface area (Å²) in [5.41, 5.74) is 0. The van der Waals surface area contributed by atoms with Gasteiger partial charge < -0.3 is 19.9 Å². The predicted octanol–water partition coefficient (Wildman–Crippen LogP) is 1.82. The van der Waals surface area contributed by atoms with Gasteiger partial charge in [0.25, 0.3) is 0 Å². The van der Waals surface area contributed by atoms with Gasteiger partial charge in [-0.05, 0) is 44.0 Å². The van der Waals surface area contributed by atoms with Crippen molar-refractivity contribution in [1.29, 1.82) is 0 Å². The zero-order chi connectivity index (χ0) is 13.5. The van der Waals surface area contributed by atoms with Gasteiger partial charge in [-0.3, -0.25) is 0 Å². The van der Waals surface area contributed by atoms with Crippen molar-refractivity contribution in [2.45, 2.75) is 25.4 Å². The van der Waals surface area contributed by atoms with E-state index in [0.717, 1.165) is 37.4 Å². The van der Waals surface area contributed by atoms with E-state index in [2.05, 4.69) is 5.32 Å². The first-order chi connectivity index (χ1) is 9.31. The number of nitrogens with one attached hydrogen (secondary N) is 1. The van der Waals surface area contributed by atoms with Crippen LogP contribution < -0.4 is 14.8 Å². The fourth-order valence-electron chi connectivity index (χ4n) is 2.49. The number of para-hydroxylation sites is 2. The normalized spacial score (nSPS) is 18.0. The summed E-state index contributed by atoms with van der Waals surface area (Å²) in [5, 5.41) is 13.4. The van der Waals surface area contributed by atoms with Crippen molar-refractivity contribution in [2.75, 3.05) is 26.8 Å². The van der Waals surface area contributed by atoms with Crippen LogP contribution in [0.3, 0.4) is 0 Å². The van der Waals surface area contributed by atoms with E-state index in [1.807, 2.05) is 24.3 Å². The Morgan fingerprint density at radius 3 is 2.63 bits per heavy atom. The minimum absolute atomic E-state index is 0.267. The highest BCUT2D eigenvalue weighted by molar-refractivity contribution is 5.39. The van der Waals surface area contributed by atoms with Crippen molar-refractivity contribution in [3.05, 3.63) is 24.3 Å². The molecule has 1 unspecified atom stereocenters. The Morgan fingerprint density at radius 1 is 1.26 bits per heavy atom. The Labute approximate surface area is 114 Å².